The summed E-state index contributed by atoms with van der Waals surface area (Å²) < 4.78 is 50.0. The molecule has 250 valence electrons. The molecule has 6 rings (SSSR count). The number of rotatable bonds is 10. The lowest BCUT2D eigenvalue weighted by Crippen LogP contribution is -2.03. The van der Waals surface area contributed by atoms with Crippen molar-refractivity contribution < 1.29 is 22.6 Å². The largest absolute Gasteiger partial charge is 0.452 e. The highest BCUT2D eigenvalue weighted by Gasteiger charge is 2.37. The topological polar surface area (TPSA) is 95.6 Å². The summed E-state index contributed by atoms with van der Waals surface area (Å²) in [5.74, 6) is 3.58. The average molecular weight is 721 g/mol. The summed E-state index contributed by atoms with van der Waals surface area (Å²) in [6.07, 6.45) is 0. The van der Waals surface area contributed by atoms with Crippen molar-refractivity contribution in [3.8, 4) is 28.7 Å². The Bertz CT molecular complexity index is 1900. The minimum Gasteiger partial charge on any atom is -0.441 e. The van der Waals surface area contributed by atoms with Gasteiger partial charge in [0.2, 0.25) is 0 Å². The van der Waals surface area contributed by atoms with Crippen molar-refractivity contribution in [3.05, 3.63) is 152 Å². The predicted octanol–water partition coefficient (Wildman–Crippen LogP) is 12.7. The van der Waals surface area contributed by atoms with Gasteiger partial charge in [-0.25, -0.2) is 9.26 Å². The molecule has 1 atom stereocenters. The number of para-hydroxylation sites is 5. The zero-order chi connectivity index (χ0) is 33.9. The van der Waals surface area contributed by atoms with Gasteiger partial charge in [-0.05, 0) is 74.0 Å². The Morgan fingerprint density at radius 1 is 0.458 bits per heavy atom. The molecular formula is C35H40N4O5P4. The molecule has 1 unspecified atom stereocenters. The van der Waals surface area contributed by atoms with Gasteiger partial charge in [-0.3, -0.25) is 0 Å². The van der Waals surface area contributed by atoms with Crippen LogP contribution in [0.15, 0.2) is 170 Å². The third kappa shape index (κ3) is 10.5. The van der Waals surface area contributed by atoms with Gasteiger partial charge in [0.1, 0.15) is 28.7 Å². The van der Waals surface area contributed by atoms with Gasteiger partial charge in [0, 0.05) is 20.4 Å². The minimum absolute atomic E-state index is 0.655. The molecule has 13 heteroatoms. The van der Waals surface area contributed by atoms with Crippen LogP contribution in [-0.4, -0.2) is 33.7 Å². The van der Waals surface area contributed by atoms with Crippen molar-refractivity contribution in [1.29, 1.82) is 0 Å². The molecule has 1 aliphatic heterocycles. The predicted molar refractivity (Wildman–Crippen MR) is 202 cm³/mol. The molecule has 0 spiro atoms. The summed E-state index contributed by atoms with van der Waals surface area (Å²) in [5, 5.41) is 0. The van der Waals surface area contributed by atoms with Gasteiger partial charge in [0.25, 0.3) is 7.43 Å². The van der Waals surface area contributed by atoms with E-state index in [2.05, 4.69) is 4.74 Å². The zero-order valence-electron chi connectivity index (χ0n) is 27.6. The van der Waals surface area contributed by atoms with Crippen LogP contribution in [0.4, 0.5) is 0 Å². The third-order valence-electron chi connectivity index (χ3n) is 6.35. The first-order valence-corrected chi connectivity index (χ1v) is 23.3. The first-order chi connectivity index (χ1) is 23.1. The van der Waals surface area contributed by atoms with Crippen molar-refractivity contribution >= 4 is 29.8 Å². The highest BCUT2D eigenvalue weighted by Crippen LogP contribution is 2.75. The van der Waals surface area contributed by atoms with Gasteiger partial charge in [0.15, 0.2) is 0 Å². The van der Waals surface area contributed by atoms with Crippen LogP contribution in [0.1, 0.15) is 0 Å². The van der Waals surface area contributed by atoms with Crippen molar-refractivity contribution in [2.45, 2.75) is 0 Å². The zero-order valence-corrected chi connectivity index (χ0v) is 31.1. The second-order valence-electron chi connectivity index (χ2n) is 11.0. The second kappa shape index (κ2) is 15.9. The van der Waals surface area contributed by atoms with Gasteiger partial charge in [-0.1, -0.05) is 91.0 Å². The van der Waals surface area contributed by atoms with E-state index >= 15 is 0 Å². The highest BCUT2D eigenvalue weighted by atomic mass is 31.3. The van der Waals surface area contributed by atoms with Crippen LogP contribution in [0.2, 0.25) is 0 Å². The number of nitrogens with zero attached hydrogens (tertiary/aromatic N) is 4. The van der Waals surface area contributed by atoms with E-state index in [9.17, 15) is 0 Å². The van der Waals surface area contributed by atoms with Crippen LogP contribution in [0.5, 0.6) is 28.7 Å². The number of benzene rings is 5. The average Bonchev–Trinajstić information content (AvgIpc) is 3.06. The molecule has 0 saturated heterocycles. The lowest BCUT2D eigenvalue weighted by Gasteiger charge is -2.31. The van der Waals surface area contributed by atoms with Crippen LogP contribution in [-0.2, 0) is 0 Å². The molecule has 0 aromatic heterocycles. The van der Waals surface area contributed by atoms with E-state index in [1.54, 1.807) is 7.05 Å². The molecule has 0 aliphatic carbocycles. The van der Waals surface area contributed by atoms with E-state index in [4.69, 9.17) is 36.2 Å². The van der Waals surface area contributed by atoms with E-state index in [1.165, 1.54) is 0 Å². The van der Waals surface area contributed by atoms with Crippen LogP contribution in [0.25, 0.3) is 0 Å². The Morgan fingerprint density at radius 2 is 0.792 bits per heavy atom. The molecule has 0 bridgehead atoms. The van der Waals surface area contributed by atoms with Crippen LogP contribution >= 0.6 is 29.8 Å². The standard InChI is InChI=1S/C21H24N3O3P3.C14H16NO2P/c1-28(2)22-29(3,25-19-13-7-4-8-14-19)24-30(23-28,26-20-15-9-5-10-16-20)27-21-17-11-6-12-18-21;1-15-18(2,16-13-9-5-3-6-10-13)17-14-11-7-4-8-12-14/h4-18H,1-3H3;3-12H,1-2H3. The van der Waals surface area contributed by atoms with Gasteiger partial charge < -0.3 is 22.6 Å². The first-order valence-electron chi connectivity index (χ1n) is 15.1. The van der Waals surface area contributed by atoms with Gasteiger partial charge in [-0.15, -0.1) is 4.52 Å². The normalized spacial score (nSPS) is 17.4. The second-order valence-corrected chi connectivity index (χ2v) is 21.3. The summed E-state index contributed by atoms with van der Waals surface area (Å²) in [6.45, 7) is 7.90. The lowest BCUT2D eigenvalue weighted by atomic mass is 10.3. The van der Waals surface area contributed by atoms with Crippen LogP contribution in [0.3, 0.4) is 0 Å². The summed E-state index contributed by atoms with van der Waals surface area (Å²) in [6, 6.07) is 47.9. The van der Waals surface area contributed by atoms with Gasteiger partial charge in [-0.2, -0.15) is 4.52 Å². The minimum atomic E-state index is -3.08. The fourth-order valence-electron chi connectivity index (χ4n) is 4.45. The van der Waals surface area contributed by atoms with Crippen molar-refractivity contribution in [2.24, 2.45) is 18.3 Å². The smallest absolute Gasteiger partial charge is 0.441 e. The molecular weight excluding hydrogens is 680 g/mol. The molecule has 0 saturated carbocycles. The Balaban J connectivity index is 0.000000214. The van der Waals surface area contributed by atoms with Gasteiger partial charge in [0.05, 0.1) is 7.21 Å². The molecule has 5 aromatic carbocycles. The van der Waals surface area contributed by atoms with E-state index in [0.717, 1.165) is 17.2 Å². The molecule has 1 heterocycles. The Kier molecular flexibility index (Phi) is 11.7. The van der Waals surface area contributed by atoms with E-state index < -0.39 is 29.8 Å². The van der Waals surface area contributed by atoms with E-state index in [0.29, 0.717) is 11.5 Å². The van der Waals surface area contributed by atoms with Crippen molar-refractivity contribution in [3.63, 3.8) is 0 Å². The maximum atomic E-state index is 6.39. The van der Waals surface area contributed by atoms with Crippen molar-refractivity contribution in [2.75, 3.05) is 33.7 Å². The Hall–Kier alpha value is -3.98. The molecule has 48 heavy (non-hydrogen) atoms. The SMILES string of the molecule is CN=P(C)(Oc1ccccc1)Oc1ccccc1.CP1(C)=NP(C)(Oc2ccccc2)=NP(Oc2ccccc2)(Oc2ccccc2)=N1. The summed E-state index contributed by atoms with van der Waals surface area (Å²) in [4.78, 5) is 0. The molecule has 0 N–H and O–H groups in total. The summed E-state index contributed by atoms with van der Waals surface area (Å²) in [7, 11) is -8.34. The number of hydrogen-bond donors (Lipinski definition) is 0. The van der Waals surface area contributed by atoms with Crippen LogP contribution < -0.4 is 22.6 Å². The monoisotopic (exact) mass is 720 g/mol. The molecule has 9 nitrogen and oxygen atoms in total. The quantitative estimate of drug-likeness (QED) is 0.134. The molecule has 1 aliphatic rings. The summed E-state index contributed by atoms with van der Waals surface area (Å²) >= 11 is 0. The molecule has 0 amide bonds. The fourth-order valence-corrected chi connectivity index (χ4v) is 16.4. The first kappa shape index (κ1) is 35.3. The Morgan fingerprint density at radius 3 is 1.15 bits per heavy atom. The van der Waals surface area contributed by atoms with Crippen LogP contribution in [0, 0.1) is 0 Å². The maximum absolute atomic E-state index is 6.39. The molecule has 5 aromatic rings. The highest BCUT2D eigenvalue weighted by molar-refractivity contribution is 7.82. The fraction of sp³-hybridized carbons (Fsp3) is 0.143. The Labute approximate surface area is 284 Å². The summed E-state index contributed by atoms with van der Waals surface area (Å²) in [5.41, 5.74) is 0. The van der Waals surface area contributed by atoms with Gasteiger partial charge >= 0.3 is 15.2 Å². The lowest BCUT2D eigenvalue weighted by molar-refractivity contribution is 0.476. The van der Waals surface area contributed by atoms with E-state index in [-0.39, 0.29) is 0 Å². The van der Waals surface area contributed by atoms with Crippen molar-refractivity contribution in [1.82, 2.24) is 0 Å². The molecule has 0 radical (unpaired) electrons. The number of hydrogen-bond acceptors (Lipinski definition) is 9. The molecule has 0 fully saturated rings. The maximum Gasteiger partial charge on any atom is 0.452 e. The van der Waals surface area contributed by atoms with E-state index in [1.807, 2.05) is 178 Å². The third-order valence-corrected chi connectivity index (χ3v) is 17.6.